The van der Waals surface area contributed by atoms with E-state index in [1.165, 1.54) is 20.7 Å². The maximum Gasteiger partial charge on any atom is 0.184 e. The minimum atomic E-state index is -3.00. The number of aryl methyl sites for hydroxylation is 1. The van der Waals surface area contributed by atoms with Crippen LogP contribution in [0.4, 0.5) is 17.2 Å². The Morgan fingerprint density at radius 3 is 2.09 bits per heavy atom. The number of aromatic nitrogens is 3. The Morgan fingerprint density at radius 2 is 1.30 bits per heavy atom. The number of nitrogens with zero attached hydrogens (tertiary/aromatic N) is 4. The summed E-state index contributed by atoms with van der Waals surface area (Å²) in [6.07, 6.45) is 1.86. The fourth-order valence-corrected chi connectivity index (χ4v) is 13.8. The largest absolute Gasteiger partial charge is 0.457 e. The van der Waals surface area contributed by atoms with Gasteiger partial charge in [0.25, 0.3) is 0 Å². The van der Waals surface area contributed by atoms with Crippen LogP contribution in [0.3, 0.4) is 0 Å². The molecule has 4 heterocycles. The molecule has 7 heteroatoms. The summed E-state index contributed by atoms with van der Waals surface area (Å²) in [6.45, 7) is 0. The summed E-state index contributed by atoms with van der Waals surface area (Å²) in [5, 5.41) is 7.20. The van der Waals surface area contributed by atoms with Crippen LogP contribution in [-0.4, -0.2) is 22.6 Å². The van der Waals surface area contributed by atoms with Crippen LogP contribution in [0, 0.1) is 0 Å². The number of imidazole rings is 1. The second-order valence-corrected chi connectivity index (χ2v) is 18.0. The summed E-state index contributed by atoms with van der Waals surface area (Å²) in [6, 6.07) is 64.0. The minimum Gasteiger partial charge on any atom is -0.457 e. The highest BCUT2D eigenvalue weighted by Crippen LogP contribution is 2.45. The number of hydrogen-bond donors (Lipinski definition) is 0. The molecule has 56 heavy (non-hydrogen) atoms. The molecule has 6 nitrogen and oxygen atoms in total. The van der Waals surface area contributed by atoms with Crippen molar-refractivity contribution in [3.8, 4) is 22.9 Å². The summed E-state index contributed by atoms with van der Waals surface area (Å²) in [5.74, 6) is 3.13. The highest BCUT2D eigenvalue weighted by Gasteiger charge is 2.50. The van der Waals surface area contributed by atoms with Gasteiger partial charge in [0.1, 0.15) is 28.7 Å². The molecule has 0 amide bonds. The molecule has 0 saturated heterocycles. The number of fused-ring (bicyclic) bond motifs is 7. The summed E-state index contributed by atoms with van der Waals surface area (Å²) < 4.78 is 15.9. The molecule has 0 unspecified atom stereocenters. The van der Waals surface area contributed by atoms with Crippen molar-refractivity contribution >= 4 is 79.0 Å². The van der Waals surface area contributed by atoms with Crippen LogP contribution < -0.4 is 30.4 Å². The van der Waals surface area contributed by atoms with Crippen molar-refractivity contribution < 1.29 is 9.15 Å². The SMILES string of the molecule is Cn1c(-c2cccc(Oc3ccc4c(c3)N(c3ccccn3)c3c(ccc5c3oc3ccccc35)[Si]4(c3ccccc3)c3ccccc3)c2)nc2ccccc21. The zero-order chi connectivity index (χ0) is 37.2. The molecule has 0 atom stereocenters. The van der Waals surface area contributed by atoms with Gasteiger partial charge in [-0.3, -0.25) is 4.90 Å². The Labute approximate surface area is 324 Å². The van der Waals surface area contributed by atoms with Gasteiger partial charge in [-0.05, 0) is 69.3 Å². The molecule has 7 aromatic carbocycles. The second kappa shape index (κ2) is 12.7. The van der Waals surface area contributed by atoms with E-state index in [1.807, 2.05) is 54.7 Å². The number of furan rings is 1. The van der Waals surface area contributed by atoms with Gasteiger partial charge in [0.15, 0.2) is 13.7 Å². The van der Waals surface area contributed by atoms with Crippen LogP contribution in [-0.2, 0) is 7.05 Å². The zero-order valence-corrected chi connectivity index (χ0v) is 31.5. The van der Waals surface area contributed by atoms with Gasteiger partial charge in [0.2, 0.25) is 0 Å². The number of para-hydroxylation sites is 3. The topological polar surface area (TPSA) is 56.3 Å². The van der Waals surface area contributed by atoms with E-state index in [9.17, 15) is 0 Å². The van der Waals surface area contributed by atoms with Gasteiger partial charge in [-0.1, -0.05) is 127 Å². The second-order valence-electron chi connectivity index (χ2n) is 14.2. The van der Waals surface area contributed by atoms with Gasteiger partial charge in [-0.15, -0.1) is 0 Å². The smallest absolute Gasteiger partial charge is 0.184 e. The fourth-order valence-electron chi connectivity index (χ4n) is 8.77. The van der Waals surface area contributed by atoms with Crippen LogP contribution in [0.2, 0.25) is 0 Å². The maximum absolute atomic E-state index is 6.91. The Hall–Kier alpha value is -7.22. The first-order chi connectivity index (χ1) is 27.7. The Kier molecular flexibility index (Phi) is 7.30. The van der Waals surface area contributed by atoms with Gasteiger partial charge < -0.3 is 13.7 Å². The van der Waals surface area contributed by atoms with Crippen LogP contribution >= 0.6 is 0 Å². The van der Waals surface area contributed by atoms with E-state index in [1.54, 1.807) is 0 Å². The highest BCUT2D eigenvalue weighted by molar-refractivity contribution is 7.21. The number of benzene rings is 7. The van der Waals surface area contributed by atoms with E-state index in [0.717, 1.165) is 73.1 Å². The quantitative estimate of drug-likeness (QED) is 0.159. The number of pyridine rings is 1. The maximum atomic E-state index is 6.91. The average Bonchev–Trinajstić information content (AvgIpc) is 3.81. The van der Waals surface area contributed by atoms with E-state index in [-0.39, 0.29) is 0 Å². The molecule has 266 valence electrons. The Balaban J connectivity index is 1.17. The first-order valence-electron chi connectivity index (χ1n) is 18.8. The summed E-state index contributed by atoms with van der Waals surface area (Å²) in [4.78, 5) is 12.2. The molecule has 3 aromatic heterocycles. The lowest BCUT2D eigenvalue weighted by Gasteiger charge is -2.44. The van der Waals surface area contributed by atoms with Crippen molar-refractivity contribution in [1.82, 2.24) is 14.5 Å². The van der Waals surface area contributed by atoms with Crippen LogP contribution in [0.15, 0.2) is 193 Å². The van der Waals surface area contributed by atoms with Crippen LogP contribution in [0.1, 0.15) is 0 Å². The van der Waals surface area contributed by atoms with Crippen LogP contribution in [0.5, 0.6) is 11.5 Å². The van der Waals surface area contributed by atoms with Crippen molar-refractivity contribution in [3.05, 3.63) is 188 Å². The van der Waals surface area contributed by atoms with Gasteiger partial charge in [-0.2, -0.15) is 0 Å². The first kappa shape index (κ1) is 32.2. The van der Waals surface area contributed by atoms with E-state index in [2.05, 4.69) is 150 Å². The lowest BCUT2D eigenvalue weighted by Crippen LogP contribution is -2.77. The van der Waals surface area contributed by atoms with E-state index in [0.29, 0.717) is 0 Å². The van der Waals surface area contributed by atoms with E-state index >= 15 is 0 Å². The molecule has 11 rings (SSSR count). The van der Waals surface area contributed by atoms with Gasteiger partial charge >= 0.3 is 0 Å². The lowest BCUT2D eigenvalue weighted by molar-refractivity contribution is 0.483. The number of ether oxygens (including phenoxy) is 1. The normalized spacial score (nSPS) is 13.2. The summed E-state index contributed by atoms with van der Waals surface area (Å²) >= 11 is 0. The molecule has 10 aromatic rings. The fraction of sp³-hybridized carbons (Fsp3) is 0.0204. The van der Waals surface area contributed by atoms with Gasteiger partial charge in [0.05, 0.1) is 22.4 Å². The van der Waals surface area contributed by atoms with Crippen molar-refractivity contribution in [3.63, 3.8) is 0 Å². The molecule has 1 aliphatic heterocycles. The molecule has 0 N–H and O–H groups in total. The average molecular weight is 739 g/mol. The first-order valence-corrected chi connectivity index (χ1v) is 20.8. The number of anilines is 3. The standard InChI is InChI=1S/C49H34N4O2Si/c1-52-41-23-10-9-22-40(41)51-49(52)33-15-14-16-34(31-33)54-35-26-28-44-42(32-35)53(46-25-12-13-30-50-46)47-45(29-27-39-38-21-8-11-24-43(38)55-48(39)47)56(44,36-17-4-2-5-18-36)37-19-6-3-7-20-37/h2-32H,1H3. The van der Waals surface area contributed by atoms with Crippen molar-refractivity contribution in [1.29, 1.82) is 0 Å². The molecule has 0 aliphatic carbocycles. The zero-order valence-electron chi connectivity index (χ0n) is 30.5. The third-order valence-corrected chi connectivity index (χ3v) is 16.0. The number of rotatable bonds is 6. The van der Waals surface area contributed by atoms with Gasteiger partial charge in [-0.25, -0.2) is 9.97 Å². The van der Waals surface area contributed by atoms with Crippen molar-refractivity contribution in [2.45, 2.75) is 0 Å². The molecule has 0 spiro atoms. The van der Waals surface area contributed by atoms with Gasteiger partial charge in [0, 0.05) is 35.6 Å². The molecule has 1 aliphatic rings. The number of hydrogen-bond acceptors (Lipinski definition) is 5. The third kappa shape index (κ3) is 4.81. The third-order valence-electron chi connectivity index (χ3n) is 11.2. The molecular formula is C49H34N4O2Si. The monoisotopic (exact) mass is 738 g/mol. The van der Waals surface area contributed by atoms with E-state index in [4.69, 9.17) is 19.1 Å². The summed E-state index contributed by atoms with van der Waals surface area (Å²) in [5.41, 5.74) is 6.73. The molecular weight excluding hydrogens is 705 g/mol. The lowest BCUT2D eigenvalue weighted by atomic mass is 10.1. The van der Waals surface area contributed by atoms with Crippen molar-refractivity contribution in [2.24, 2.45) is 7.05 Å². The highest BCUT2D eigenvalue weighted by atomic mass is 28.3. The van der Waals surface area contributed by atoms with Crippen molar-refractivity contribution in [2.75, 3.05) is 4.90 Å². The molecule has 0 fully saturated rings. The molecule has 0 saturated carbocycles. The van der Waals surface area contributed by atoms with Crippen LogP contribution in [0.25, 0.3) is 44.4 Å². The molecule has 0 radical (unpaired) electrons. The minimum absolute atomic E-state index is 0.719. The Morgan fingerprint density at radius 1 is 0.589 bits per heavy atom. The Bertz CT molecular complexity index is 3050. The predicted molar refractivity (Wildman–Crippen MR) is 230 cm³/mol. The van der Waals surface area contributed by atoms with E-state index < -0.39 is 8.07 Å². The molecule has 0 bridgehead atoms. The predicted octanol–water partition coefficient (Wildman–Crippen LogP) is 9.49. The summed E-state index contributed by atoms with van der Waals surface area (Å²) in [7, 11) is -0.948.